The van der Waals surface area contributed by atoms with Gasteiger partial charge in [-0.25, -0.2) is 4.79 Å². The zero-order valence-corrected chi connectivity index (χ0v) is 18.4. The third kappa shape index (κ3) is 7.48. The molecule has 0 aromatic heterocycles. The van der Waals surface area contributed by atoms with Crippen molar-refractivity contribution in [3.05, 3.63) is 77.4 Å². The molecule has 0 aliphatic heterocycles. The molecule has 0 unspecified atom stereocenters. The largest absolute Gasteiger partial charge is 0.462 e. The molecule has 2 aromatic rings. The van der Waals surface area contributed by atoms with Crippen LogP contribution in [-0.4, -0.2) is 12.6 Å². The van der Waals surface area contributed by atoms with Crippen LogP contribution in [0, 0.1) is 5.92 Å². The molecule has 1 fully saturated rings. The van der Waals surface area contributed by atoms with Crippen molar-refractivity contribution in [1.29, 1.82) is 0 Å². The normalized spacial score (nSPS) is 19.1. The van der Waals surface area contributed by atoms with E-state index in [1.54, 1.807) is 0 Å². The summed E-state index contributed by atoms with van der Waals surface area (Å²) in [6, 6.07) is 18.8. The highest BCUT2D eigenvalue weighted by Gasteiger charge is 2.21. The third-order valence-corrected chi connectivity index (χ3v) is 6.36. The standard InChI is InChI=1S/C28H36O2/c1-2-3-5-8-24-11-16-26(17-12-24)27-18-13-25(14-19-27)15-20-28(29)30-22-21-23-9-6-4-7-10-23/h4,6-7,9-10,13-15,18-20,24,26H,2-3,5,8,11-12,16-17,21-22H2,1H3. The predicted molar refractivity (Wildman–Crippen MR) is 125 cm³/mol. The van der Waals surface area contributed by atoms with Crippen LogP contribution in [0.4, 0.5) is 0 Å². The summed E-state index contributed by atoms with van der Waals surface area (Å²) in [7, 11) is 0. The maximum Gasteiger partial charge on any atom is 0.330 e. The molecule has 1 aliphatic rings. The Morgan fingerprint density at radius 1 is 0.967 bits per heavy atom. The molecule has 2 heteroatoms. The highest BCUT2D eigenvalue weighted by atomic mass is 16.5. The van der Waals surface area contributed by atoms with Crippen molar-refractivity contribution in [1.82, 2.24) is 0 Å². The molecular weight excluding hydrogens is 368 g/mol. The lowest BCUT2D eigenvalue weighted by atomic mass is 9.77. The molecule has 0 atom stereocenters. The van der Waals surface area contributed by atoms with Gasteiger partial charge in [-0.15, -0.1) is 0 Å². The van der Waals surface area contributed by atoms with Crippen molar-refractivity contribution in [3.63, 3.8) is 0 Å². The van der Waals surface area contributed by atoms with Crippen LogP contribution in [-0.2, 0) is 16.0 Å². The summed E-state index contributed by atoms with van der Waals surface area (Å²) in [5, 5.41) is 0. The molecule has 3 rings (SSSR count). The Labute approximate surface area is 182 Å². The summed E-state index contributed by atoms with van der Waals surface area (Å²) in [5.74, 6) is 1.37. The number of ether oxygens (including phenoxy) is 1. The Morgan fingerprint density at radius 2 is 1.70 bits per heavy atom. The molecule has 2 aromatic carbocycles. The summed E-state index contributed by atoms with van der Waals surface area (Å²) < 4.78 is 5.31. The highest BCUT2D eigenvalue weighted by Crippen LogP contribution is 2.37. The van der Waals surface area contributed by atoms with Crippen molar-refractivity contribution >= 4 is 12.0 Å². The Hall–Kier alpha value is -2.35. The van der Waals surface area contributed by atoms with E-state index in [1.165, 1.54) is 68.6 Å². The number of carbonyl (C=O) groups excluding carboxylic acids is 1. The van der Waals surface area contributed by atoms with Crippen LogP contribution < -0.4 is 0 Å². The van der Waals surface area contributed by atoms with Crippen molar-refractivity contribution in [3.8, 4) is 0 Å². The van der Waals surface area contributed by atoms with Crippen molar-refractivity contribution in [2.24, 2.45) is 5.92 Å². The minimum atomic E-state index is -0.281. The van der Waals surface area contributed by atoms with Crippen LogP contribution in [0.25, 0.3) is 6.08 Å². The van der Waals surface area contributed by atoms with Crippen molar-refractivity contribution < 1.29 is 9.53 Å². The van der Waals surface area contributed by atoms with Gasteiger partial charge < -0.3 is 4.74 Å². The Bertz CT molecular complexity index is 768. The minimum Gasteiger partial charge on any atom is -0.462 e. The second-order valence-corrected chi connectivity index (χ2v) is 8.62. The average Bonchev–Trinajstić information content (AvgIpc) is 2.79. The van der Waals surface area contributed by atoms with Gasteiger partial charge in [0, 0.05) is 12.5 Å². The van der Waals surface area contributed by atoms with E-state index in [1.807, 2.05) is 36.4 Å². The molecule has 0 heterocycles. The lowest BCUT2D eigenvalue weighted by Crippen LogP contribution is -2.13. The van der Waals surface area contributed by atoms with Gasteiger partial charge in [0.15, 0.2) is 0 Å². The lowest BCUT2D eigenvalue weighted by molar-refractivity contribution is -0.137. The molecule has 0 saturated heterocycles. The van der Waals surface area contributed by atoms with Gasteiger partial charge in [0.25, 0.3) is 0 Å². The fourth-order valence-corrected chi connectivity index (χ4v) is 4.47. The van der Waals surface area contributed by atoms with Crippen molar-refractivity contribution in [2.45, 2.75) is 70.6 Å². The minimum absolute atomic E-state index is 0.281. The Kier molecular flexibility index (Phi) is 9.21. The van der Waals surface area contributed by atoms with Crippen LogP contribution in [0.3, 0.4) is 0 Å². The molecule has 2 nitrogen and oxygen atoms in total. The molecule has 30 heavy (non-hydrogen) atoms. The zero-order valence-electron chi connectivity index (χ0n) is 18.4. The number of rotatable bonds is 10. The second kappa shape index (κ2) is 12.4. The van der Waals surface area contributed by atoms with Gasteiger partial charge in [0.2, 0.25) is 0 Å². The van der Waals surface area contributed by atoms with E-state index in [4.69, 9.17) is 4.74 Å². The number of esters is 1. The lowest BCUT2D eigenvalue weighted by Gasteiger charge is -2.29. The van der Waals surface area contributed by atoms with Crippen molar-refractivity contribution in [2.75, 3.05) is 6.61 Å². The van der Waals surface area contributed by atoms with E-state index >= 15 is 0 Å². The smallest absolute Gasteiger partial charge is 0.330 e. The summed E-state index contributed by atoms with van der Waals surface area (Å²) in [5.41, 5.74) is 3.68. The van der Waals surface area contributed by atoms with E-state index in [9.17, 15) is 4.79 Å². The summed E-state index contributed by atoms with van der Waals surface area (Å²) in [6.45, 7) is 2.69. The first kappa shape index (κ1) is 22.3. The predicted octanol–water partition coefficient (Wildman–Crippen LogP) is 7.34. The molecule has 0 radical (unpaired) electrons. The quantitative estimate of drug-likeness (QED) is 0.235. The first-order chi connectivity index (χ1) is 14.7. The van der Waals surface area contributed by atoms with Gasteiger partial charge in [-0.05, 0) is 60.3 Å². The second-order valence-electron chi connectivity index (χ2n) is 8.62. The Morgan fingerprint density at radius 3 is 2.40 bits per heavy atom. The van der Waals surface area contributed by atoms with E-state index in [2.05, 4.69) is 31.2 Å². The molecular formula is C28H36O2. The first-order valence-electron chi connectivity index (χ1n) is 11.7. The fourth-order valence-electron chi connectivity index (χ4n) is 4.47. The number of hydrogen-bond donors (Lipinski definition) is 0. The summed E-state index contributed by atoms with van der Waals surface area (Å²) in [6.07, 6.45) is 15.1. The SMILES string of the molecule is CCCCCC1CCC(c2ccc(C=CC(=O)OCCc3ccccc3)cc2)CC1. The van der Waals surface area contributed by atoms with Crippen LogP contribution >= 0.6 is 0 Å². The number of carbonyl (C=O) groups is 1. The van der Waals surface area contributed by atoms with E-state index in [0.29, 0.717) is 12.5 Å². The fraction of sp³-hybridized carbons (Fsp3) is 0.464. The topological polar surface area (TPSA) is 26.3 Å². The zero-order chi connectivity index (χ0) is 21.0. The average molecular weight is 405 g/mol. The van der Waals surface area contributed by atoms with Gasteiger partial charge in [-0.1, -0.05) is 87.2 Å². The van der Waals surface area contributed by atoms with Crippen LogP contribution in [0.5, 0.6) is 0 Å². The summed E-state index contributed by atoms with van der Waals surface area (Å²) >= 11 is 0. The van der Waals surface area contributed by atoms with Gasteiger partial charge in [0.05, 0.1) is 6.61 Å². The van der Waals surface area contributed by atoms with Gasteiger partial charge in [-0.2, -0.15) is 0 Å². The van der Waals surface area contributed by atoms with E-state index in [0.717, 1.165) is 17.9 Å². The monoisotopic (exact) mass is 404 g/mol. The van der Waals surface area contributed by atoms with Crippen LogP contribution in [0.15, 0.2) is 60.7 Å². The van der Waals surface area contributed by atoms with Gasteiger partial charge in [0.1, 0.15) is 0 Å². The molecule has 1 saturated carbocycles. The number of unbranched alkanes of at least 4 members (excludes halogenated alkanes) is 2. The first-order valence-corrected chi connectivity index (χ1v) is 11.7. The maximum absolute atomic E-state index is 11.9. The number of benzene rings is 2. The van der Waals surface area contributed by atoms with Gasteiger partial charge >= 0.3 is 5.97 Å². The van der Waals surface area contributed by atoms with E-state index < -0.39 is 0 Å². The molecule has 0 amide bonds. The molecule has 0 N–H and O–H groups in total. The maximum atomic E-state index is 11.9. The van der Waals surface area contributed by atoms with Gasteiger partial charge in [-0.3, -0.25) is 0 Å². The molecule has 0 bridgehead atoms. The summed E-state index contributed by atoms with van der Waals surface area (Å²) in [4.78, 5) is 11.9. The molecule has 1 aliphatic carbocycles. The van der Waals surface area contributed by atoms with Crippen LogP contribution in [0.1, 0.15) is 80.9 Å². The van der Waals surface area contributed by atoms with E-state index in [-0.39, 0.29) is 5.97 Å². The number of hydrogen-bond acceptors (Lipinski definition) is 2. The van der Waals surface area contributed by atoms with Crippen LogP contribution in [0.2, 0.25) is 0 Å². The third-order valence-electron chi connectivity index (χ3n) is 6.36. The highest BCUT2D eigenvalue weighted by molar-refractivity contribution is 5.87. The Balaban J connectivity index is 1.39. The molecule has 0 spiro atoms. The molecule has 160 valence electrons.